The molecule has 0 saturated heterocycles. The Hall–Kier alpha value is -2.26. The van der Waals surface area contributed by atoms with Gasteiger partial charge in [0, 0.05) is 29.6 Å². The van der Waals surface area contributed by atoms with Crippen LogP contribution >= 0.6 is 0 Å². The molecule has 2 N–H and O–H groups in total. The summed E-state index contributed by atoms with van der Waals surface area (Å²) in [5.41, 5.74) is 6.65. The number of benzene rings is 2. The Morgan fingerprint density at radius 3 is 2.83 bits per heavy atom. The Balaban J connectivity index is 1.83. The van der Waals surface area contributed by atoms with Crippen molar-refractivity contribution < 1.29 is 4.74 Å². The van der Waals surface area contributed by atoms with Crippen molar-refractivity contribution in [1.82, 2.24) is 10.3 Å². The molecule has 0 atom stereocenters. The molecule has 124 valence electrons. The van der Waals surface area contributed by atoms with Gasteiger partial charge < -0.3 is 15.0 Å². The highest BCUT2D eigenvalue weighted by atomic mass is 16.5. The molecular weight excluding hydrogens is 296 g/mol. The number of fused-ring (bicyclic) bond motifs is 3. The van der Waals surface area contributed by atoms with Crippen LogP contribution in [0.3, 0.4) is 0 Å². The van der Waals surface area contributed by atoms with Crippen LogP contribution < -0.4 is 10.1 Å². The fraction of sp³-hybridized carbons (Fsp3) is 0.333. The molecule has 3 heteroatoms. The second-order valence-electron chi connectivity index (χ2n) is 6.44. The summed E-state index contributed by atoms with van der Waals surface area (Å²) < 4.78 is 5.83. The van der Waals surface area contributed by atoms with Gasteiger partial charge in [0.25, 0.3) is 0 Å². The zero-order chi connectivity index (χ0) is 16.4. The number of hydrogen-bond acceptors (Lipinski definition) is 2. The van der Waals surface area contributed by atoms with Crippen molar-refractivity contribution in [2.24, 2.45) is 0 Å². The second kappa shape index (κ2) is 6.70. The Kier molecular flexibility index (Phi) is 4.26. The molecule has 1 aromatic heterocycles. The third-order valence-corrected chi connectivity index (χ3v) is 4.74. The maximum atomic E-state index is 5.83. The number of aromatic nitrogens is 1. The number of nitrogens with one attached hydrogen (secondary N) is 2. The first kappa shape index (κ1) is 15.3. The van der Waals surface area contributed by atoms with Gasteiger partial charge in [-0.25, -0.2) is 0 Å². The van der Waals surface area contributed by atoms with Crippen molar-refractivity contribution >= 4 is 10.9 Å². The minimum absolute atomic E-state index is 0.763. The van der Waals surface area contributed by atoms with Gasteiger partial charge in [0.15, 0.2) is 0 Å². The van der Waals surface area contributed by atoms with Gasteiger partial charge in [-0.05, 0) is 54.3 Å². The van der Waals surface area contributed by atoms with Crippen LogP contribution in [0.5, 0.6) is 5.75 Å². The van der Waals surface area contributed by atoms with Crippen LogP contribution in [0, 0.1) is 0 Å². The highest BCUT2D eigenvalue weighted by Crippen LogP contribution is 2.35. The zero-order valence-corrected chi connectivity index (χ0v) is 14.2. The van der Waals surface area contributed by atoms with Crippen LogP contribution in [0.25, 0.3) is 22.0 Å². The molecule has 0 fully saturated rings. The monoisotopic (exact) mass is 320 g/mol. The standard InChI is InChI=1S/C21H24N2O/c1-2-13-24-16-6-3-5-15(14-16)17-7-4-8-20-21(17)18-9-11-22-12-10-19(18)23-20/h3-8,14,22-23H,2,9-13H2,1H3. The lowest BCUT2D eigenvalue weighted by molar-refractivity contribution is 0.317. The van der Waals surface area contributed by atoms with Gasteiger partial charge in [-0.2, -0.15) is 0 Å². The topological polar surface area (TPSA) is 37.0 Å². The van der Waals surface area contributed by atoms with Gasteiger partial charge in [0.1, 0.15) is 5.75 Å². The number of ether oxygens (including phenoxy) is 1. The van der Waals surface area contributed by atoms with Crippen molar-refractivity contribution in [2.75, 3.05) is 19.7 Å². The van der Waals surface area contributed by atoms with Crippen LogP contribution in [0.1, 0.15) is 24.6 Å². The lowest BCUT2D eigenvalue weighted by atomic mass is 9.97. The Labute approximate surface area is 143 Å². The fourth-order valence-corrected chi connectivity index (χ4v) is 3.63. The predicted molar refractivity (Wildman–Crippen MR) is 99.8 cm³/mol. The average Bonchev–Trinajstić information content (AvgIpc) is 2.81. The molecule has 0 bridgehead atoms. The van der Waals surface area contributed by atoms with Gasteiger partial charge in [0.05, 0.1) is 6.61 Å². The Morgan fingerprint density at radius 1 is 1.04 bits per heavy atom. The van der Waals surface area contributed by atoms with Crippen molar-refractivity contribution in [3.8, 4) is 16.9 Å². The summed E-state index contributed by atoms with van der Waals surface area (Å²) >= 11 is 0. The highest BCUT2D eigenvalue weighted by Gasteiger charge is 2.17. The van der Waals surface area contributed by atoms with Gasteiger partial charge in [0.2, 0.25) is 0 Å². The minimum Gasteiger partial charge on any atom is -0.494 e. The number of H-pyrrole nitrogens is 1. The maximum Gasteiger partial charge on any atom is 0.119 e. The SMILES string of the molecule is CCCOc1cccc(-c2cccc3[nH]c4c(c23)CCNCC4)c1. The summed E-state index contributed by atoms with van der Waals surface area (Å²) in [5, 5.41) is 4.88. The summed E-state index contributed by atoms with van der Waals surface area (Å²) in [6.45, 7) is 5.00. The normalized spacial score (nSPS) is 14.4. The van der Waals surface area contributed by atoms with Gasteiger partial charge in [-0.1, -0.05) is 31.2 Å². The summed E-state index contributed by atoms with van der Waals surface area (Å²) in [4.78, 5) is 3.64. The first-order chi connectivity index (χ1) is 11.9. The quantitative estimate of drug-likeness (QED) is 0.751. The lowest BCUT2D eigenvalue weighted by Crippen LogP contribution is -2.16. The van der Waals surface area contributed by atoms with E-state index in [9.17, 15) is 0 Å². The molecule has 0 radical (unpaired) electrons. The van der Waals surface area contributed by atoms with Gasteiger partial charge >= 0.3 is 0 Å². The van der Waals surface area contributed by atoms with E-state index in [0.29, 0.717) is 0 Å². The smallest absolute Gasteiger partial charge is 0.119 e. The molecule has 3 aromatic rings. The van der Waals surface area contributed by atoms with Crippen LogP contribution in [-0.4, -0.2) is 24.7 Å². The third-order valence-electron chi connectivity index (χ3n) is 4.74. The molecule has 2 heterocycles. The van der Waals surface area contributed by atoms with E-state index in [2.05, 4.69) is 53.6 Å². The highest BCUT2D eigenvalue weighted by molar-refractivity contribution is 5.98. The second-order valence-corrected chi connectivity index (χ2v) is 6.44. The van der Waals surface area contributed by atoms with Crippen LogP contribution in [0.15, 0.2) is 42.5 Å². The van der Waals surface area contributed by atoms with E-state index in [0.717, 1.165) is 44.7 Å². The average molecular weight is 320 g/mol. The molecule has 4 rings (SSSR count). The Bertz CT molecular complexity index is 850. The molecule has 1 aliphatic heterocycles. The van der Waals surface area contributed by atoms with E-state index in [1.807, 2.05) is 6.07 Å². The lowest BCUT2D eigenvalue weighted by Gasteiger charge is -2.10. The molecule has 1 aliphatic rings. The molecular formula is C21H24N2O. The Morgan fingerprint density at radius 2 is 1.92 bits per heavy atom. The molecule has 0 aliphatic carbocycles. The molecule has 0 spiro atoms. The molecule has 2 aromatic carbocycles. The first-order valence-electron chi connectivity index (χ1n) is 8.93. The molecule has 24 heavy (non-hydrogen) atoms. The fourth-order valence-electron chi connectivity index (χ4n) is 3.63. The van der Waals surface area contributed by atoms with Crippen LogP contribution in [0.4, 0.5) is 0 Å². The number of aromatic amines is 1. The predicted octanol–water partition coefficient (Wildman–Crippen LogP) is 4.31. The van der Waals surface area contributed by atoms with E-state index < -0.39 is 0 Å². The van der Waals surface area contributed by atoms with Crippen molar-refractivity contribution in [1.29, 1.82) is 0 Å². The minimum atomic E-state index is 0.763. The largest absolute Gasteiger partial charge is 0.494 e. The van der Waals surface area contributed by atoms with E-state index >= 15 is 0 Å². The van der Waals surface area contributed by atoms with E-state index in [1.165, 1.54) is 33.3 Å². The molecule has 3 nitrogen and oxygen atoms in total. The van der Waals surface area contributed by atoms with Crippen molar-refractivity contribution in [3.63, 3.8) is 0 Å². The van der Waals surface area contributed by atoms with Crippen LogP contribution in [0.2, 0.25) is 0 Å². The molecule has 0 amide bonds. The van der Waals surface area contributed by atoms with Gasteiger partial charge in [-0.3, -0.25) is 0 Å². The van der Waals surface area contributed by atoms with Crippen LogP contribution in [-0.2, 0) is 12.8 Å². The molecule has 0 saturated carbocycles. The van der Waals surface area contributed by atoms with E-state index in [-0.39, 0.29) is 0 Å². The maximum absolute atomic E-state index is 5.83. The summed E-state index contributed by atoms with van der Waals surface area (Å²) in [7, 11) is 0. The summed E-state index contributed by atoms with van der Waals surface area (Å²) in [6.07, 6.45) is 3.18. The first-order valence-corrected chi connectivity index (χ1v) is 8.93. The summed E-state index contributed by atoms with van der Waals surface area (Å²) in [6, 6.07) is 15.0. The number of rotatable bonds is 4. The van der Waals surface area contributed by atoms with E-state index in [4.69, 9.17) is 4.74 Å². The third kappa shape index (κ3) is 2.80. The van der Waals surface area contributed by atoms with E-state index in [1.54, 1.807) is 0 Å². The van der Waals surface area contributed by atoms with Gasteiger partial charge in [-0.15, -0.1) is 0 Å². The van der Waals surface area contributed by atoms with Crippen molar-refractivity contribution in [3.05, 3.63) is 53.7 Å². The molecule has 0 unspecified atom stereocenters. The number of hydrogen-bond donors (Lipinski definition) is 2. The summed E-state index contributed by atoms with van der Waals surface area (Å²) in [5.74, 6) is 0.953. The van der Waals surface area contributed by atoms with Crippen molar-refractivity contribution in [2.45, 2.75) is 26.2 Å². The zero-order valence-electron chi connectivity index (χ0n) is 14.2.